The highest BCUT2D eigenvalue weighted by Gasteiger charge is 2.26. The fourth-order valence-electron chi connectivity index (χ4n) is 2.38. The van der Waals surface area contributed by atoms with E-state index in [2.05, 4.69) is 39.8 Å². The maximum absolute atomic E-state index is 2.38. The van der Waals surface area contributed by atoms with Crippen LogP contribution in [0.1, 0.15) is 59.8 Å². The number of allylic oxidation sites excluding steroid dienone is 4. The minimum absolute atomic E-state index is 0.409. The Hall–Kier alpha value is -0.520. The molecule has 0 aromatic heterocycles. The van der Waals surface area contributed by atoms with Crippen molar-refractivity contribution in [2.75, 3.05) is 0 Å². The molecule has 0 heteroatoms. The van der Waals surface area contributed by atoms with Crippen molar-refractivity contribution in [1.82, 2.24) is 0 Å². The molecule has 80 valence electrons. The highest BCUT2D eigenvalue weighted by molar-refractivity contribution is 5.32. The van der Waals surface area contributed by atoms with Crippen LogP contribution in [0.2, 0.25) is 0 Å². The molecule has 0 fully saturated rings. The molecule has 1 aliphatic carbocycles. The zero-order valence-electron chi connectivity index (χ0n) is 10.2. The number of hydrogen-bond donors (Lipinski definition) is 0. The standard InChI is InChI=1S/C14H24/c1-5-6-7-10-13-12(2)9-8-11-14(13,3)4/h7,10H,5-6,8-9,11H2,1-4H3/b10-7+. The quantitative estimate of drug-likeness (QED) is 0.598. The summed E-state index contributed by atoms with van der Waals surface area (Å²) in [5.74, 6) is 0. The predicted molar refractivity (Wildman–Crippen MR) is 64.4 cm³/mol. The van der Waals surface area contributed by atoms with Gasteiger partial charge in [-0.2, -0.15) is 0 Å². The molecule has 1 aliphatic rings. The molecule has 0 heterocycles. The van der Waals surface area contributed by atoms with Gasteiger partial charge >= 0.3 is 0 Å². The van der Waals surface area contributed by atoms with Gasteiger partial charge < -0.3 is 0 Å². The molecule has 0 spiro atoms. The van der Waals surface area contributed by atoms with E-state index in [0.29, 0.717) is 5.41 Å². The van der Waals surface area contributed by atoms with Crippen molar-refractivity contribution in [1.29, 1.82) is 0 Å². The zero-order valence-corrected chi connectivity index (χ0v) is 10.2. The first-order valence-corrected chi connectivity index (χ1v) is 5.94. The van der Waals surface area contributed by atoms with Gasteiger partial charge in [0.1, 0.15) is 0 Å². The smallest absolute Gasteiger partial charge is 0.0104 e. The molecule has 0 unspecified atom stereocenters. The van der Waals surface area contributed by atoms with Crippen molar-refractivity contribution >= 4 is 0 Å². The Kier molecular flexibility index (Phi) is 3.97. The molecule has 0 saturated carbocycles. The molecule has 0 aromatic rings. The highest BCUT2D eigenvalue weighted by Crippen LogP contribution is 2.40. The van der Waals surface area contributed by atoms with Gasteiger partial charge in [0.25, 0.3) is 0 Å². The second kappa shape index (κ2) is 4.82. The topological polar surface area (TPSA) is 0 Å². The normalized spacial score (nSPS) is 22.0. The second-order valence-electron chi connectivity index (χ2n) is 5.12. The fourth-order valence-corrected chi connectivity index (χ4v) is 2.38. The van der Waals surface area contributed by atoms with E-state index in [1.807, 2.05) is 0 Å². The predicted octanol–water partition coefficient (Wildman–Crippen LogP) is 4.87. The lowest BCUT2D eigenvalue weighted by molar-refractivity contribution is 0.376. The van der Waals surface area contributed by atoms with E-state index >= 15 is 0 Å². The van der Waals surface area contributed by atoms with Crippen molar-refractivity contribution in [2.24, 2.45) is 5.41 Å². The van der Waals surface area contributed by atoms with Gasteiger partial charge in [-0.3, -0.25) is 0 Å². The Morgan fingerprint density at radius 1 is 1.36 bits per heavy atom. The number of hydrogen-bond acceptors (Lipinski definition) is 0. The van der Waals surface area contributed by atoms with Gasteiger partial charge in [0.2, 0.25) is 0 Å². The average molecular weight is 192 g/mol. The van der Waals surface area contributed by atoms with Crippen molar-refractivity contribution in [3.05, 3.63) is 23.3 Å². The summed E-state index contributed by atoms with van der Waals surface area (Å²) in [5.41, 5.74) is 3.61. The molecule has 0 atom stereocenters. The summed E-state index contributed by atoms with van der Waals surface area (Å²) in [6.07, 6.45) is 11.2. The van der Waals surface area contributed by atoms with E-state index in [-0.39, 0.29) is 0 Å². The molecule has 0 nitrogen and oxygen atoms in total. The van der Waals surface area contributed by atoms with Crippen LogP contribution in [0.5, 0.6) is 0 Å². The molecule has 1 rings (SSSR count). The summed E-state index contributed by atoms with van der Waals surface area (Å²) in [6, 6.07) is 0. The molecule has 14 heavy (non-hydrogen) atoms. The summed E-state index contributed by atoms with van der Waals surface area (Å²) in [4.78, 5) is 0. The van der Waals surface area contributed by atoms with E-state index in [9.17, 15) is 0 Å². The van der Waals surface area contributed by atoms with E-state index in [1.165, 1.54) is 32.1 Å². The van der Waals surface area contributed by atoms with Gasteiger partial charge in [-0.1, -0.05) is 44.9 Å². The SMILES string of the molecule is CCC/C=C/C1=C(C)CCCC1(C)C. The Bertz CT molecular complexity index is 241. The van der Waals surface area contributed by atoms with Crippen LogP contribution in [0.15, 0.2) is 23.3 Å². The molecular formula is C14H24. The third-order valence-corrected chi connectivity index (χ3v) is 3.28. The zero-order chi connectivity index (χ0) is 10.6. The average Bonchev–Trinajstić information content (AvgIpc) is 2.09. The van der Waals surface area contributed by atoms with Crippen LogP contribution in [0.4, 0.5) is 0 Å². The summed E-state index contributed by atoms with van der Waals surface area (Å²) < 4.78 is 0. The van der Waals surface area contributed by atoms with Gasteiger partial charge in [0.15, 0.2) is 0 Å². The maximum Gasteiger partial charge on any atom is -0.0104 e. The molecule has 0 N–H and O–H groups in total. The van der Waals surface area contributed by atoms with Gasteiger partial charge in [-0.25, -0.2) is 0 Å². The van der Waals surface area contributed by atoms with Crippen LogP contribution in [0.25, 0.3) is 0 Å². The molecule has 0 bridgehead atoms. The first-order chi connectivity index (χ1) is 6.58. The van der Waals surface area contributed by atoms with E-state index in [4.69, 9.17) is 0 Å². The lowest BCUT2D eigenvalue weighted by atomic mass is 9.72. The second-order valence-corrected chi connectivity index (χ2v) is 5.12. The molecule has 0 radical (unpaired) electrons. The molecule has 0 saturated heterocycles. The van der Waals surface area contributed by atoms with Gasteiger partial charge in [0, 0.05) is 0 Å². The Labute approximate surface area is 89.1 Å². The third kappa shape index (κ3) is 2.73. The van der Waals surface area contributed by atoms with Crippen molar-refractivity contribution in [3.8, 4) is 0 Å². The summed E-state index contributed by atoms with van der Waals surface area (Å²) in [6.45, 7) is 9.28. The monoisotopic (exact) mass is 192 g/mol. The Morgan fingerprint density at radius 3 is 2.64 bits per heavy atom. The molecular weight excluding hydrogens is 168 g/mol. The van der Waals surface area contributed by atoms with E-state index in [0.717, 1.165) is 0 Å². The Balaban J connectivity index is 2.80. The Morgan fingerprint density at radius 2 is 2.07 bits per heavy atom. The number of rotatable bonds is 3. The van der Waals surface area contributed by atoms with Crippen LogP contribution in [-0.4, -0.2) is 0 Å². The van der Waals surface area contributed by atoms with E-state index < -0.39 is 0 Å². The van der Waals surface area contributed by atoms with Gasteiger partial charge in [-0.15, -0.1) is 0 Å². The third-order valence-electron chi connectivity index (χ3n) is 3.28. The van der Waals surface area contributed by atoms with Crippen LogP contribution in [0.3, 0.4) is 0 Å². The van der Waals surface area contributed by atoms with Crippen LogP contribution in [0, 0.1) is 5.41 Å². The number of unbranched alkanes of at least 4 members (excludes halogenated alkanes) is 1. The van der Waals surface area contributed by atoms with Crippen molar-refractivity contribution in [2.45, 2.75) is 59.8 Å². The first-order valence-electron chi connectivity index (χ1n) is 5.94. The summed E-state index contributed by atoms with van der Waals surface area (Å²) in [5, 5.41) is 0. The summed E-state index contributed by atoms with van der Waals surface area (Å²) >= 11 is 0. The molecule has 0 amide bonds. The minimum atomic E-state index is 0.409. The van der Waals surface area contributed by atoms with Crippen molar-refractivity contribution < 1.29 is 0 Å². The van der Waals surface area contributed by atoms with E-state index in [1.54, 1.807) is 11.1 Å². The summed E-state index contributed by atoms with van der Waals surface area (Å²) in [7, 11) is 0. The molecule has 0 aliphatic heterocycles. The fraction of sp³-hybridized carbons (Fsp3) is 0.714. The van der Waals surface area contributed by atoms with Gasteiger partial charge in [-0.05, 0) is 43.6 Å². The van der Waals surface area contributed by atoms with Crippen LogP contribution < -0.4 is 0 Å². The van der Waals surface area contributed by atoms with Crippen LogP contribution in [-0.2, 0) is 0 Å². The largest absolute Gasteiger partial charge is 0.0843 e. The maximum atomic E-state index is 2.38. The van der Waals surface area contributed by atoms with Crippen molar-refractivity contribution in [3.63, 3.8) is 0 Å². The van der Waals surface area contributed by atoms with Crippen LogP contribution >= 0.6 is 0 Å². The highest BCUT2D eigenvalue weighted by atomic mass is 14.3. The lowest BCUT2D eigenvalue weighted by Crippen LogP contribution is -2.18. The first kappa shape index (κ1) is 11.6. The molecule has 0 aromatic carbocycles. The minimum Gasteiger partial charge on any atom is -0.0843 e. The lowest BCUT2D eigenvalue weighted by Gasteiger charge is -2.32. The van der Waals surface area contributed by atoms with Gasteiger partial charge in [0.05, 0.1) is 0 Å².